The molecule has 0 N–H and O–H groups in total. The number of pyridine rings is 1. The van der Waals surface area contributed by atoms with Gasteiger partial charge in [-0.25, -0.2) is 0 Å². The van der Waals surface area contributed by atoms with Crippen LogP contribution in [-0.2, 0) is 9.53 Å². The Balaban J connectivity index is 2.07. The molecule has 0 saturated heterocycles. The number of para-hydroxylation sites is 1. The van der Waals surface area contributed by atoms with E-state index in [0.717, 1.165) is 11.3 Å². The van der Waals surface area contributed by atoms with Gasteiger partial charge in [0.1, 0.15) is 5.25 Å². The zero-order valence-corrected chi connectivity index (χ0v) is 14.1. The van der Waals surface area contributed by atoms with E-state index in [1.54, 1.807) is 19.3 Å². The molecule has 2 heterocycles. The van der Waals surface area contributed by atoms with E-state index in [9.17, 15) is 4.79 Å². The number of carbonyl (C=O) groups excluding carboxylic acids is 1. The molecule has 7 heteroatoms. The third kappa shape index (κ3) is 3.30. The van der Waals surface area contributed by atoms with Gasteiger partial charge < -0.3 is 4.74 Å². The van der Waals surface area contributed by atoms with Crippen LogP contribution >= 0.6 is 11.8 Å². The molecule has 6 nitrogen and oxygen atoms in total. The van der Waals surface area contributed by atoms with E-state index < -0.39 is 0 Å². The highest BCUT2D eigenvalue weighted by molar-refractivity contribution is 8.00. The minimum absolute atomic E-state index is 0.298. The van der Waals surface area contributed by atoms with Crippen molar-refractivity contribution < 1.29 is 9.53 Å². The second kappa shape index (κ2) is 7.27. The second-order valence-corrected chi connectivity index (χ2v) is 6.30. The van der Waals surface area contributed by atoms with Gasteiger partial charge in [-0.15, -0.1) is 10.2 Å². The van der Waals surface area contributed by atoms with Crippen molar-refractivity contribution in [2.45, 2.75) is 17.3 Å². The standard InChI is InChI=1S/C17H16N4O2S/c1-12(16(22)23-2)24-17-20-19-15(13-8-10-18-11-9-13)21(17)14-6-4-3-5-7-14/h3-12H,1-2H3. The predicted octanol–water partition coefficient (Wildman–Crippen LogP) is 2.98. The Labute approximate surface area is 143 Å². The lowest BCUT2D eigenvalue weighted by atomic mass is 10.2. The highest BCUT2D eigenvalue weighted by Crippen LogP contribution is 2.30. The Bertz CT molecular complexity index is 821. The van der Waals surface area contributed by atoms with Gasteiger partial charge >= 0.3 is 5.97 Å². The van der Waals surface area contributed by atoms with Gasteiger partial charge in [0.05, 0.1) is 7.11 Å². The normalized spacial score (nSPS) is 11.9. The summed E-state index contributed by atoms with van der Waals surface area (Å²) in [4.78, 5) is 15.8. The number of carbonyl (C=O) groups is 1. The number of esters is 1. The van der Waals surface area contributed by atoms with Crippen LogP contribution in [0.4, 0.5) is 0 Å². The van der Waals surface area contributed by atoms with Crippen LogP contribution in [0.1, 0.15) is 6.92 Å². The van der Waals surface area contributed by atoms with E-state index in [-0.39, 0.29) is 11.2 Å². The van der Waals surface area contributed by atoms with Crippen LogP contribution < -0.4 is 0 Å². The van der Waals surface area contributed by atoms with Gasteiger partial charge in [-0.1, -0.05) is 30.0 Å². The van der Waals surface area contributed by atoms with Crippen molar-refractivity contribution >= 4 is 17.7 Å². The largest absolute Gasteiger partial charge is 0.468 e. The molecule has 1 atom stereocenters. The molecule has 3 aromatic rings. The second-order valence-electron chi connectivity index (χ2n) is 5.00. The van der Waals surface area contributed by atoms with Crippen molar-refractivity contribution in [1.29, 1.82) is 0 Å². The van der Waals surface area contributed by atoms with E-state index in [2.05, 4.69) is 15.2 Å². The van der Waals surface area contributed by atoms with Gasteiger partial charge in [0.25, 0.3) is 0 Å². The minimum atomic E-state index is -0.382. The van der Waals surface area contributed by atoms with E-state index >= 15 is 0 Å². The van der Waals surface area contributed by atoms with Crippen LogP contribution in [0.25, 0.3) is 17.1 Å². The van der Waals surface area contributed by atoms with E-state index in [1.807, 2.05) is 47.0 Å². The average Bonchev–Trinajstić information content (AvgIpc) is 3.06. The number of rotatable bonds is 5. The molecule has 0 aliphatic heterocycles. The first-order valence-electron chi connectivity index (χ1n) is 7.36. The summed E-state index contributed by atoms with van der Waals surface area (Å²) >= 11 is 1.31. The lowest BCUT2D eigenvalue weighted by Crippen LogP contribution is -2.15. The lowest BCUT2D eigenvalue weighted by molar-refractivity contribution is -0.139. The molecule has 1 unspecified atom stereocenters. The minimum Gasteiger partial charge on any atom is -0.468 e. The van der Waals surface area contributed by atoms with Crippen LogP contribution in [-0.4, -0.2) is 38.1 Å². The van der Waals surface area contributed by atoms with Crippen molar-refractivity contribution in [3.63, 3.8) is 0 Å². The highest BCUT2D eigenvalue weighted by Gasteiger charge is 2.22. The molecule has 0 spiro atoms. The van der Waals surface area contributed by atoms with Crippen LogP contribution in [0.2, 0.25) is 0 Å². The van der Waals surface area contributed by atoms with Crippen molar-refractivity contribution in [3.05, 3.63) is 54.9 Å². The molecule has 0 aliphatic rings. The number of methoxy groups -OCH3 is 1. The molecule has 0 amide bonds. The molecular weight excluding hydrogens is 324 g/mol. The van der Waals surface area contributed by atoms with Crippen LogP contribution in [0.5, 0.6) is 0 Å². The number of thioether (sulfide) groups is 1. The molecule has 0 bridgehead atoms. The van der Waals surface area contributed by atoms with Crippen LogP contribution in [0.3, 0.4) is 0 Å². The maximum absolute atomic E-state index is 11.7. The molecule has 0 saturated carbocycles. The topological polar surface area (TPSA) is 69.9 Å². The third-order valence-corrected chi connectivity index (χ3v) is 4.42. The number of benzene rings is 1. The summed E-state index contributed by atoms with van der Waals surface area (Å²) in [5.74, 6) is 0.399. The molecule has 122 valence electrons. The fourth-order valence-corrected chi connectivity index (χ4v) is 3.11. The van der Waals surface area contributed by atoms with Gasteiger partial charge in [-0.2, -0.15) is 0 Å². The van der Waals surface area contributed by atoms with Crippen LogP contribution in [0, 0.1) is 0 Å². The summed E-state index contributed by atoms with van der Waals surface area (Å²) in [5, 5.41) is 8.83. The van der Waals surface area contributed by atoms with Crippen LogP contribution in [0.15, 0.2) is 60.0 Å². The number of aromatic nitrogens is 4. The molecule has 1 aromatic carbocycles. The Kier molecular flexibility index (Phi) is 4.90. The Morgan fingerprint density at radius 1 is 1.12 bits per heavy atom. The third-order valence-electron chi connectivity index (χ3n) is 3.40. The average molecular weight is 340 g/mol. The number of hydrogen-bond acceptors (Lipinski definition) is 6. The summed E-state index contributed by atoms with van der Waals surface area (Å²) in [6, 6.07) is 13.5. The van der Waals surface area contributed by atoms with E-state index in [4.69, 9.17) is 4.74 Å². The molecular formula is C17H16N4O2S. The number of ether oxygens (including phenoxy) is 1. The van der Waals surface area contributed by atoms with Crippen molar-refractivity contribution in [2.24, 2.45) is 0 Å². The molecule has 2 aromatic heterocycles. The Morgan fingerprint density at radius 3 is 2.50 bits per heavy atom. The molecule has 0 radical (unpaired) electrons. The molecule has 0 aliphatic carbocycles. The zero-order chi connectivity index (χ0) is 16.9. The summed E-state index contributed by atoms with van der Waals surface area (Å²) in [6.45, 7) is 1.78. The lowest BCUT2D eigenvalue weighted by Gasteiger charge is -2.12. The fourth-order valence-electron chi connectivity index (χ4n) is 2.22. The number of nitrogens with zero attached hydrogens (tertiary/aromatic N) is 4. The molecule has 24 heavy (non-hydrogen) atoms. The summed E-state index contributed by atoms with van der Waals surface area (Å²) in [5.41, 5.74) is 1.83. The first kappa shape index (κ1) is 16.2. The maximum atomic E-state index is 11.7. The zero-order valence-electron chi connectivity index (χ0n) is 13.3. The van der Waals surface area contributed by atoms with Crippen molar-refractivity contribution in [1.82, 2.24) is 19.7 Å². The predicted molar refractivity (Wildman–Crippen MR) is 91.9 cm³/mol. The quantitative estimate of drug-likeness (QED) is 0.525. The highest BCUT2D eigenvalue weighted by atomic mass is 32.2. The molecule has 3 rings (SSSR count). The van der Waals surface area contributed by atoms with Gasteiger partial charge in [-0.05, 0) is 31.2 Å². The first-order chi connectivity index (χ1) is 11.7. The Morgan fingerprint density at radius 2 is 1.83 bits per heavy atom. The molecule has 0 fully saturated rings. The maximum Gasteiger partial charge on any atom is 0.318 e. The first-order valence-corrected chi connectivity index (χ1v) is 8.24. The van der Waals surface area contributed by atoms with Crippen molar-refractivity contribution in [3.8, 4) is 17.1 Å². The van der Waals surface area contributed by atoms with Gasteiger partial charge in [0, 0.05) is 23.6 Å². The van der Waals surface area contributed by atoms with Gasteiger partial charge in [0.2, 0.25) is 0 Å². The Hall–Kier alpha value is -2.67. The number of hydrogen-bond donors (Lipinski definition) is 0. The fraction of sp³-hybridized carbons (Fsp3) is 0.176. The summed E-state index contributed by atoms with van der Waals surface area (Å²) in [6.07, 6.45) is 3.42. The van der Waals surface area contributed by atoms with Gasteiger partial charge in [-0.3, -0.25) is 14.3 Å². The van der Waals surface area contributed by atoms with E-state index in [0.29, 0.717) is 11.0 Å². The van der Waals surface area contributed by atoms with Gasteiger partial charge in [0.15, 0.2) is 11.0 Å². The SMILES string of the molecule is COC(=O)C(C)Sc1nnc(-c2ccncc2)n1-c1ccccc1. The van der Waals surface area contributed by atoms with Crippen molar-refractivity contribution in [2.75, 3.05) is 7.11 Å². The summed E-state index contributed by atoms with van der Waals surface area (Å²) < 4.78 is 6.73. The smallest absolute Gasteiger partial charge is 0.318 e. The monoisotopic (exact) mass is 340 g/mol. The summed E-state index contributed by atoms with van der Waals surface area (Å²) in [7, 11) is 1.38. The van der Waals surface area contributed by atoms with E-state index in [1.165, 1.54) is 18.9 Å².